The van der Waals surface area contributed by atoms with Crippen molar-refractivity contribution in [3.8, 4) is 23.0 Å². The second kappa shape index (κ2) is 11.9. The number of anilines is 1. The fourth-order valence-corrected chi connectivity index (χ4v) is 3.20. The minimum absolute atomic E-state index is 0.248. The number of hydrogen-bond donors (Lipinski definition) is 2. The SMILES string of the molecule is CCOc1ccc(C)cc1C(C)NC(=O)Nc1cc(OCC)c(OCC)c(OCC)c1. The van der Waals surface area contributed by atoms with Gasteiger partial charge < -0.3 is 29.6 Å². The molecule has 1 atom stereocenters. The van der Waals surface area contributed by atoms with Crippen molar-refractivity contribution in [3.05, 3.63) is 41.5 Å². The Kier molecular flexibility index (Phi) is 9.31. The summed E-state index contributed by atoms with van der Waals surface area (Å²) in [5.41, 5.74) is 2.57. The Bertz CT molecular complexity index is 842. The Hall–Kier alpha value is -3.09. The summed E-state index contributed by atoms with van der Waals surface area (Å²) >= 11 is 0. The van der Waals surface area contributed by atoms with Crippen LogP contribution >= 0.6 is 0 Å². The molecule has 170 valence electrons. The standard InChI is InChI=1S/C24H34N2O5/c1-7-28-20-12-11-16(5)13-19(20)17(6)25-24(27)26-18-14-21(29-8-2)23(31-10-4)22(15-18)30-9-3/h11-15,17H,7-10H2,1-6H3,(H2,25,26,27). The number of ether oxygens (including phenoxy) is 4. The highest BCUT2D eigenvalue weighted by atomic mass is 16.5. The molecule has 2 aromatic rings. The van der Waals surface area contributed by atoms with Crippen LogP contribution in [0.2, 0.25) is 0 Å². The first-order valence-corrected chi connectivity index (χ1v) is 10.8. The van der Waals surface area contributed by atoms with Crippen molar-refractivity contribution in [1.29, 1.82) is 0 Å². The Balaban J connectivity index is 2.22. The molecule has 0 spiro atoms. The van der Waals surface area contributed by atoms with Crippen LogP contribution in [0.15, 0.2) is 30.3 Å². The first-order chi connectivity index (χ1) is 14.9. The van der Waals surface area contributed by atoms with E-state index in [2.05, 4.69) is 10.6 Å². The predicted octanol–water partition coefficient (Wildman–Crippen LogP) is 5.47. The molecule has 0 aliphatic heterocycles. The van der Waals surface area contributed by atoms with E-state index >= 15 is 0 Å². The lowest BCUT2D eigenvalue weighted by Gasteiger charge is -2.20. The molecule has 0 bridgehead atoms. The molecule has 7 nitrogen and oxygen atoms in total. The van der Waals surface area contributed by atoms with E-state index in [1.54, 1.807) is 12.1 Å². The normalized spacial score (nSPS) is 11.4. The van der Waals surface area contributed by atoms with Crippen molar-refractivity contribution in [3.63, 3.8) is 0 Å². The fourth-order valence-electron chi connectivity index (χ4n) is 3.20. The van der Waals surface area contributed by atoms with Crippen LogP contribution in [0.1, 0.15) is 51.8 Å². The number of nitrogens with one attached hydrogen (secondary N) is 2. The number of amides is 2. The molecule has 1 unspecified atom stereocenters. The fraction of sp³-hybridized carbons (Fsp3) is 0.458. The molecule has 0 heterocycles. The zero-order valence-electron chi connectivity index (χ0n) is 19.3. The van der Waals surface area contributed by atoms with Gasteiger partial charge in [0.25, 0.3) is 0 Å². The van der Waals surface area contributed by atoms with Crippen molar-refractivity contribution in [2.24, 2.45) is 0 Å². The molecule has 7 heteroatoms. The van der Waals surface area contributed by atoms with Gasteiger partial charge in [0.2, 0.25) is 5.75 Å². The lowest BCUT2D eigenvalue weighted by molar-refractivity contribution is 0.248. The van der Waals surface area contributed by atoms with Gasteiger partial charge in [-0.2, -0.15) is 0 Å². The molecular weight excluding hydrogens is 396 g/mol. The Labute approximate surface area is 185 Å². The van der Waals surface area contributed by atoms with Gasteiger partial charge in [-0.1, -0.05) is 17.7 Å². The molecule has 2 aromatic carbocycles. The molecule has 0 saturated carbocycles. The van der Waals surface area contributed by atoms with Gasteiger partial charge in [0, 0.05) is 17.7 Å². The zero-order chi connectivity index (χ0) is 22.8. The van der Waals surface area contributed by atoms with Gasteiger partial charge in [-0.3, -0.25) is 0 Å². The molecule has 0 radical (unpaired) electrons. The summed E-state index contributed by atoms with van der Waals surface area (Å²) in [6, 6.07) is 8.82. The monoisotopic (exact) mass is 430 g/mol. The smallest absolute Gasteiger partial charge is 0.319 e. The highest BCUT2D eigenvalue weighted by molar-refractivity contribution is 5.90. The summed E-state index contributed by atoms with van der Waals surface area (Å²) in [6.45, 7) is 13.5. The Morgan fingerprint density at radius 3 is 1.94 bits per heavy atom. The van der Waals surface area contributed by atoms with Gasteiger partial charge in [-0.25, -0.2) is 4.79 Å². The number of carbonyl (C=O) groups excluding carboxylic acids is 1. The third kappa shape index (κ3) is 6.70. The molecule has 0 aliphatic rings. The van der Waals surface area contributed by atoms with Crippen molar-refractivity contribution >= 4 is 11.7 Å². The van der Waals surface area contributed by atoms with Crippen molar-refractivity contribution < 1.29 is 23.7 Å². The average molecular weight is 431 g/mol. The highest BCUT2D eigenvalue weighted by Crippen LogP contribution is 2.40. The number of rotatable bonds is 11. The van der Waals surface area contributed by atoms with Crippen LogP contribution < -0.4 is 29.6 Å². The average Bonchev–Trinajstić information content (AvgIpc) is 2.72. The van der Waals surface area contributed by atoms with Crippen molar-refractivity contribution in [2.75, 3.05) is 31.7 Å². The second-order valence-electron chi connectivity index (χ2n) is 6.90. The third-order valence-corrected chi connectivity index (χ3v) is 4.45. The van der Waals surface area contributed by atoms with Crippen LogP contribution in [0.25, 0.3) is 0 Å². The molecule has 0 aromatic heterocycles. The summed E-state index contributed by atoms with van der Waals surface area (Å²) < 4.78 is 22.8. The summed E-state index contributed by atoms with van der Waals surface area (Å²) in [4.78, 5) is 12.7. The van der Waals surface area contributed by atoms with E-state index in [1.165, 1.54) is 0 Å². The van der Waals surface area contributed by atoms with Crippen LogP contribution in [-0.4, -0.2) is 32.5 Å². The maximum atomic E-state index is 12.7. The van der Waals surface area contributed by atoms with E-state index in [4.69, 9.17) is 18.9 Å². The van der Waals surface area contributed by atoms with Gasteiger partial charge in [-0.15, -0.1) is 0 Å². The minimum Gasteiger partial charge on any atom is -0.494 e. The molecule has 2 N–H and O–H groups in total. The third-order valence-electron chi connectivity index (χ3n) is 4.45. The lowest BCUT2D eigenvalue weighted by Crippen LogP contribution is -2.31. The largest absolute Gasteiger partial charge is 0.494 e. The van der Waals surface area contributed by atoms with Gasteiger partial charge >= 0.3 is 6.03 Å². The summed E-state index contributed by atoms with van der Waals surface area (Å²) in [6.07, 6.45) is 0. The molecule has 0 saturated heterocycles. The van der Waals surface area contributed by atoms with E-state index in [0.717, 1.165) is 16.9 Å². The van der Waals surface area contributed by atoms with Crippen LogP contribution in [0.4, 0.5) is 10.5 Å². The molecule has 2 rings (SSSR count). The van der Waals surface area contributed by atoms with Crippen LogP contribution in [0.3, 0.4) is 0 Å². The predicted molar refractivity (Wildman–Crippen MR) is 123 cm³/mol. The minimum atomic E-state index is -0.342. The van der Waals surface area contributed by atoms with Crippen LogP contribution in [-0.2, 0) is 0 Å². The molecule has 2 amide bonds. The van der Waals surface area contributed by atoms with Crippen molar-refractivity contribution in [2.45, 2.75) is 47.6 Å². The number of carbonyl (C=O) groups is 1. The Morgan fingerprint density at radius 2 is 1.39 bits per heavy atom. The van der Waals surface area contributed by atoms with E-state index in [0.29, 0.717) is 49.4 Å². The lowest BCUT2D eigenvalue weighted by atomic mass is 10.0. The van der Waals surface area contributed by atoms with Gasteiger partial charge in [0.15, 0.2) is 11.5 Å². The second-order valence-corrected chi connectivity index (χ2v) is 6.90. The number of hydrogen-bond acceptors (Lipinski definition) is 5. The van der Waals surface area contributed by atoms with Crippen molar-refractivity contribution in [1.82, 2.24) is 5.32 Å². The maximum absolute atomic E-state index is 12.7. The molecule has 0 fully saturated rings. The van der Waals surface area contributed by atoms with E-state index in [-0.39, 0.29) is 12.1 Å². The topological polar surface area (TPSA) is 78.1 Å². The van der Waals surface area contributed by atoms with Crippen LogP contribution in [0, 0.1) is 6.92 Å². The number of urea groups is 1. The number of benzene rings is 2. The zero-order valence-corrected chi connectivity index (χ0v) is 19.3. The Morgan fingerprint density at radius 1 is 0.839 bits per heavy atom. The van der Waals surface area contributed by atoms with Gasteiger partial charge in [0.05, 0.1) is 38.2 Å². The molecular formula is C24H34N2O5. The first kappa shape index (κ1) is 24.2. The van der Waals surface area contributed by atoms with E-state index < -0.39 is 0 Å². The summed E-state index contributed by atoms with van der Waals surface area (Å²) in [5, 5.41) is 5.84. The molecule has 31 heavy (non-hydrogen) atoms. The number of aryl methyl sites for hydroxylation is 1. The van der Waals surface area contributed by atoms with Crippen LogP contribution in [0.5, 0.6) is 23.0 Å². The summed E-state index contributed by atoms with van der Waals surface area (Å²) in [7, 11) is 0. The van der Waals surface area contributed by atoms with E-state index in [9.17, 15) is 4.79 Å². The van der Waals surface area contributed by atoms with Gasteiger partial charge in [-0.05, 0) is 47.6 Å². The highest BCUT2D eigenvalue weighted by Gasteiger charge is 2.18. The molecule has 0 aliphatic carbocycles. The summed E-state index contributed by atoms with van der Waals surface area (Å²) in [5.74, 6) is 2.35. The van der Waals surface area contributed by atoms with E-state index in [1.807, 2.05) is 59.7 Å². The first-order valence-electron chi connectivity index (χ1n) is 10.8. The quantitative estimate of drug-likeness (QED) is 0.494. The van der Waals surface area contributed by atoms with Gasteiger partial charge in [0.1, 0.15) is 5.75 Å². The maximum Gasteiger partial charge on any atom is 0.319 e.